The number of hydrogen-bond donors (Lipinski definition) is 1. The average molecular weight is 397 g/mol. The Labute approximate surface area is 173 Å². The van der Waals surface area contributed by atoms with E-state index in [4.69, 9.17) is 15.2 Å². The molecule has 0 aliphatic carbocycles. The highest BCUT2D eigenvalue weighted by Gasteiger charge is 2.34. The van der Waals surface area contributed by atoms with Crippen molar-refractivity contribution >= 4 is 5.91 Å². The monoisotopic (exact) mass is 396 g/mol. The van der Waals surface area contributed by atoms with Gasteiger partial charge in [0.2, 0.25) is 5.91 Å². The number of likely N-dealkylation sites (tertiary alicyclic amines) is 1. The van der Waals surface area contributed by atoms with Gasteiger partial charge in [0.15, 0.2) is 0 Å². The summed E-state index contributed by atoms with van der Waals surface area (Å²) in [6.07, 6.45) is 2.11. The van der Waals surface area contributed by atoms with E-state index in [-0.39, 0.29) is 5.91 Å². The molecule has 2 N–H and O–H groups in total. The molecule has 1 fully saturated rings. The molecule has 29 heavy (non-hydrogen) atoms. The van der Waals surface area contributed by atoms with Crippen LogP contribution in [-0.2, 0) is 16.0 Å². The number of carbonyl (C=O) groups is 1. The van der Waals surface area contributed by atoms with Crippen molar-refractivity contribution in [2.75, 3.05) is 40.0 Å². The fourth-order valence-corrected chi connectivity index (χ4v) is 3.94. The lowest BCUT2D eigenvalue weighted by Crippen LogP contribution is -2.29. The van der Waals surface area contributed by atoms with Gasteiger partial charge in [0.25, 0.3) is 0 Å². The van der Waals surface area contributed by atoms with Gasteiger partial charge in [-0.2, -0.15) is 0 Å². The Morgan fingerprint density at radius 1 is 1.07 bits per heavy atom. The second kappa shape index (κ2) is 11.0. The molecule has 5 heteroatoms. The lowest BCUT2D eigenvalue weighted by molar-refractivity contribution is -0.130. The van der Waals surface area contributed by atoms with Crippen LogP contribution < -0.4 is 10.5 Å². The van der Waals surface area contributed by atoms with Gasteiger partial charge in [-0.1, -0.05) is 42.5 Å². The maximum atomic E-state index is 12.7. The Hall–Kier alpha value is -2.37. The van der Waals surface area contributed by atoms with Gasteiger partial charge in [-0.3, -0.25) is 4.79 Å². The van der Waals surface area contributed by atoms with Crippen molar-refractivity contribution in [2.45, 2.75) is 25.2 Å². The Bertz CT molecular complexity index is 748. The zero-order chi connectivity index (χ0) is 20.5. The summed E-state index contributed by atoms with van der Waals surface area (Å²) >= 11 is 0. The van der Waals surface area contributed by atoms with Gasteiger partial charge >= 0.3 is 0 Å². The van der Waals surface area contributed by atoms with Gasteiger partial charge in [-0.25, -0.2) is 0 Å². The normalized spacial score (nSPS) is 18.8. The van der Waals surface area contributed by atoms with E-state index in [0.717, 1.165) is 31.9 Å². The van der Waals surface area contributed by atoms with Gasteiger partial charge in [0.05, 0.1) is 13.2 Å². The van der Waals surface area contributed by atoms with Crippen LogP contribution in [0.1, 0.15) is 29.9 Å². The molecule has 0 spiro atoms. The highest BCUT2D eigenvalue weighted by atomic mass is 16.5. The van der Waals surface area contributed by atoms with Crippen molar-refractivity contribution in [1.82, 2.24) is 4.90 Å². The van der Waals surface area contributed by atoms with Crippen LogP contribution in [-0.4, -0.2) is 50.8 Å². The Kier molecular flexibility index (Phi) is 8.08. The fourth-order valence-electron chi connectivity index (χ4n) is 3.94. The molecule has 1 amide bonds. The van der Waals surface area contributed by atoms with Crippen LogP contribution in [0.15, 0.2) is 54.6 Å². The number of rotatable bonds is 10. The topological polar surface area (TPSA) is 64.8 Å². The molecule has 2 aromatic carbocycles. The molecular formula is C24H32N2O3. The quantitative estimate of drug-likeness (QED) is 0.626. The highest BCUT2D eigenvalue weighted by molar-refractivity contribution is 5.76. The largest absolute Gasteiger partial charge is 0.494 e. The number of methoxy groups -OCH3 is 1. The van der Waals surface area contributed by atoms with Gasteiger partial charge in [-0.05, 0) is 48.6 Å². The first-order chi connectivity index (χ1) is 14.2. The second-order valence-corrected chi connectivity index (χ2v) is 7.65. The average Bonchev–Trinajstić information content (AvgIpc) is 3.21. The summed E-state index contributed by atoms with van der Waals surface area (Å²) in [5.41, 5.74) is 8.48. The minimum absolute atomic E-state index is 0.195. The number of hydrogen-bond acceptors (Lipinski definition) is 4. The molecule has 1 saturated heterocycles. The van der Waals surface area contributed by atoms with Crippen molar-refractivity contribution < 1.29 is 14.3 Å². The minimum Gasteiger partial charge on any atom is -0.494 e. The first-order valence-electron chi connectivity index (χ1n) is 10.4. The SMILES string of the molecule is COCCc1ccc(OCCCC(=O)N2C[C@@H](CN)[C@H](c3ccccc3)C2)cc1. The summed E-state index contributed by atoms with van der Waals surface area (Å²) in [7, 11) is 1.71. The molecule has 0 aromatic heterocycles. The molecule has 1 aliphatic rings. The van der Waals surface area contributed by atoms with Crippen molar-refractivity contribution in [3.63, 3.8) is 0 Å². The maximum absolute atomic E-state index is 12.7. The summed E-state index contributed by atoms with van der Waals surface area (Å²) in [6, 6.07) is 18.5. The highest BCUT2D eigenvalue weighted by Crippen LogP contribution is 2.32. The number of carbonyl (C=O) groups excluding carboxylic acids is 1. The Morgan fingerprint density at radius 2 is 1.83 bits per heavy atom. The maximum Gasteiger partial charge on any atom is 0.222 e. The second-order valence-electron chi connectivity index (χ2n) is 7.65. The third kappa shape index (κ3) is 6.05. The molecule has 0 radical (unpaired) electrons. The van der Waals surface area contributed by atoms with E-state index in [0.29, 0.717) is 37.8 Å². The predicted octanol–water partition coefficient (Wildman–Crippen LogP) is 3.24. The third-order valence-corrected chi connectivity index (χ3v) is 5.65. The molecule has 1 heterocycles. The number of amides is 1. The Morgan fingerprint density at radius 3 is 2.52 bits per heavy atom. The molecule has 3 rings (SSSR count). The van der Waals surface area contributed by atoms with Crippen molar-refractivity contribution in [1.29, 1.82) is 0 Å². The number of nitrogens with zero attached hydrogens (tertiary/aromatic N) is 1. The lowest BCUT2D eigenvalue weighted by Gasteiger charge is -2.17. The molecule has 1 aliphatic heterocycles. The Balaban J connectivity index is 1.41. The van der Waals surface area contributed by atoms with E-state index in [1.54, 1.807) is 7.11 Å². The number of ether oxygens (including phenoxy) is 2. The van der Waals surface area contributed by atoms with Crippen molar-refractivity contribution in [2.24, 2.45) is 11.7 Å². The predicted molar refractivity (Wildman–Crippen MR) is 115 cm³/mol. The first kappa shape index (κ1) is 21.3. The summed E-state index contributed by atoms with van der Waals surface area (Å²) in [5.74, 6) is 1.69. The van der Waals surface area contributed by atoms with Crippen LogP contribution in [0.5, 0.6) is 5.75 Å². The minimum atomic E-state index is 0.195. The van der Waals surface area contributed by atoms with Crippen LogP contribution in [0.2, 0.25) is 0 Å². The molecule has 0 saturated carbocycles. The van der Waals surface area contributed by atoms with E-state index >= 15 is 0 Å². The van der Waals surface area contributed by atoms with E-state index in [9.17, 15) is 4.79 Å². The van der Waals surface area contributed by atoms with Crippen LogP contribution in [0.4, 0.5) is 0 Å². The number of benzene rings is 2. The summed E-state index contributed by atoms with van der Waals surface area (Å²) in [5, 5.41) is 0. The molecular weight excluding hydrogens is 364 g/mol. The van der Waals surface area contributed by atoms with Crippen LogP contribution >= 0.6 is 0 Å². The van der Waals surface area contributed by atoms with Gasteiger partial charge < -0.3 is 20.1 Å². The van der Waals surface area contributed by atoms with Crippen LogP contribution in [0.3, 0.4) is 0 Å². The van der Waals surface area contributed by atoms with Crippen molar-refractivity contribution in [3.8, 4) is 5.75 Å². The summed E-state index contributed by atoms with van der Waals surface area (Å²) in [4.78, 5) is 14.6. The third-order valence-electron chi connectivity index (χ3n) is 5.65. The smallest absolute Gasteiger partial charge is 0.222 e. The molecule has 2 aromatic rings. The molecule has 5 nitrogen and oxygen atoms in total. The van der Waals surface area contributed by atoms with Gasteiger partial charge in [0, 0.05) is 32.5 Å². The van der Waals surface area contributed by atoms with E-state index in [2.05, 4.69) is 36.4 Å². The summed E-state index contributed by atoms with van der Waals surface area (Å²) in [6.45, 7) is 3.37. The van der Waals surface area contributed by atoms with Gasteiger partial charge in [0.1, 0.15) is 5.75 Å². The molecule has 0 unspecified atom stereocenters. The first-order valence-corrected chi connectivity index (χ1v) is 10.4. The van der Waals surface area contributed by atoms with Crippen LogP contribution in [0.25, 0.3) is 0 Å². The standard InChI is InChI=1S/C24H32N2O3/c1-28-15-13-19-9-11-22(12-10-19)29-14-5-8-24(27)26-17-21(16-25)23(18-26)20-6-3-2-4-7-20/h2-4,6-7,9-12,21,23H,5,8,13-18,25H2,1H3/t21-,23+/m1/s1. The summed E-state index contributed by atoms with van der Waals surface area (Å²) < 4.78 is 10.9. The van der Waals surface area contributed by atoms with Crippen LogP contribution in [0, 0.1) is 5.92 Å². The fraction of sp³-hybridized carbons (Fsp3) is 0.458. The van der Waals surface area contributed by atoms with E-state index < -0.39 is 0 Å². The lowest BCUT2D eigenvalue weighted by atomic mass is 9.89. The van der Waals surface area contributed by atoms with Gasteiger partial charge in [-0.15, -0.1) is 0 Å². The molecule has 156 valence electrons. The molecule has 2 atom stereocenters. The zero-order valence-corrected chi connectivity index (χ0v) is 17.3. The molecule has 0 bridgehead atoms. The van der Waals surface area contributed by atoms with E-state index in [1.165, 1.54) is 11.1 Å². The zero-order valence-electron chi connectivity index (χ0n) is 17.3. The number of nitrogens with two attached hydrogens (primary N) is 1. The van der Waals surface area contributed by atoms with E-state index in [1.807, 2.05) is 23.1 Å². The van der Waals surface area contributed by atoms with Crippen molar-refractivity contribution in [3.05, 3.63) is 65.7 Å².